The van der Waals surface area contributed by atoms with E-state index in [1.807, 2.05) is 19.9 Å². The van der Waals surface area contributed by atoms with Crippen molar-refractivity contribution in [3.05, 3.63) is 87.0 Å². The summed E-state index contributed by atoms with van der Waals surface area (Å²) in [5.74, 6) is 1.09. The van der Waals surface area contributed by atoms with Gasteiger partial charge in [-0.25, -0.2) is 0 Å². The number of methoxy groups -OCH3 is 1. The lowest BCUT2D eigenvalue weighted by atomic mass is 9.91. The zero-order valence-corrected chi connectivity index (χ0v) is 25.0. The summed E-state index contributed by atoms with van der Waals surface area (Å²) in [4.78, 5) is 1.31. The first-order valence-corrected chi connectivity index (χ1v) is 14.9. The maximum atomic E-state index is 13.1. The van der Waals surface area contributed by atoms with E-state index in [1.54, 1.807) is 43.1 Å². The molecule has 0 aliphatic rings. The Morgan fingerprint density at radius 1 is 0.861 bits per heavy atom. The molecule has 0 fully saturated rings. The van der Waals surface area contributed by atoms with Gasteiger partial charge in [0, 0.05) is 16.0 Å². The quantitative estimate of drug-likeness (QED) is 0.238. The summed E-state index contributed by atoms with van der Waals surface area (Å²) in [6, 6.07) is 13.2. The van der Waals surface area contributed by atoms with Crippen LogP contribution in [0.2, 0.25) is 0 Å². The third-order valence-corrected chi connectivity index (χ3v) is 10.2. The number of aryl methyl sites for hydroxylation is 5. The predicted octanol–water partition coefficient (Wildman–Crippen LogP) is 7.59. The van der Waals surface area contributed by atoms with Crippen LogP contribution in [0.1, 0.15) is 64.3 Å². The van der Waals surface area contributed by atoms with Crippen LogP contribution in [0.5, 0.6) is 5.75 Å². The molecule has 3 rings (SSSR count). The lowest BCUT2D eigenvalue weighted by Crippen LogP contribution is -2.09. The molecule has 0 amide bonds. The second-order valence-electron chi connectivity index (χ2n) is 9.54. The number of sulfonamides is 1. The number of hydrogen-bond donors (Lipinski definition) is 0. The van der Waals surface area contributed by atoms with Crippen molar-refractivity contribution in [2.75, 3.05) is 7.11 Å². The Labute approximate surface area is 224 Å². The lowest BCUT2D eigenvalue weighted by molar-refractivity contribution is 0.406. The molecule has 0 aromatic heterocycles. The van der Waals surface area contributed by atoms with Crippen molar-refractivity contribution in [3.63, 3.8) is 0 Å². The molecule has 0 spiro atoms. The van der Waals surface area contributed by atoms with Crippen molar-refractivity contribution in [2.45, 2.75) is 71.1 Å². The minimum atomic E-state index is -3.84. The van der Waals surface area contributed by atoms with E-state index in [9.17, 15) is 8.42 Å². The summed E-state index contributed by atoms with van der Waals surface area (Å²) in [5.41, 5.74) is 8.76. The predicted molar refractivity (Wildman–Crippen MR) is 155 cm³/mol. The van der Waals surface area contributed by atoms with E-state index in [2.05, 4.69) is 57.4 Å². The standard InChI is InChI=1S/C29H35NO3S3/c1-17(2)26-23(8)27(20(5)16-25(26)33-9)29(34-28-21(6)14-19(4)15-22(28)7)35-30-36(31,32)24-12-10-18(3)11-13-24/h10-17H,1-9H3. The van der Waals surface area contributed by atoms with Crippen LogP contribution in [-0.2, 0) is 21.2 Å². The minimum absolute atomic E-state index is 0.193. The van der Waals surface area contributed by atoms with Gasteiger partial charge in [-0.15, -0.1) is 0 Å². The van der Waals surface area contributed by atoms with Gasteiger partial charge in [0.2, 0.25) is 0 Å². The molecule has 192 valence electrons. The maximum Gasteiger partial charge on any atom is 0.292 e. The number of benzene rings is 3. The number of nitrogens with zero attached hydrogens (tertiary/aromatic N) is 1. The Bertz CT molecular complexity index is 1440. The fourth-order valence-corrected chi connectivity index (χ4v) is 8.14. The monoisotopic (exact) mass is 541 g/mol. The summed E-state index contributed by atoms with van der Waals surface area (Å²) in [5, 5.41) is 0. The molecule has 0 heterocycles. The molecule has 0 unspecified atom stereocenters. The zero-order valence-electron chi connectivity index (χ0n) is 22.5. The van der Waals surface area contributed by atoms with E-state index in [0.717, 1.165) is 64.9 Å². The molecule has 0 saturated heterocycles. The highest BCUT2D eigenvalue weighted by Gasteiger charge is 2.21. The first kappa shape index (κ1) is 28.2. The van der Waals surface area contributed by atoms with E-state index in [0.29, 0.717) is 0 Å². The molecule has 0 aliphatic carbocycles. The Morgan fingerprint density at radius 2 is 1.44 bits per heavy atom. The van der Waals surface area contributed by atoms with Gasteiger partial charge in [0.15, 0.2) is 0 Å². The normalized spacial score (nSPS) is 11.5. The van der Waals surface area contributed by atoms with Crippen LogP contribution < -0.4 is 4.74 Å². The Kier molecular flexibility index (Phi) is 8.91. The van der Waals surface area contributed by atoms with Crippen molar-refractivity contribution < 1.29 is 13.2 Å². The largest absolute Gasteiger partial charge is 0.496 e. The zero-order chi connectivity index (χ0) is 26.8. The van der Waals surface area contributed by atoms with E-state index in [-0.39, 0.29) is 10.8 Å². The number of thioether (sulfide) groups is 1. The van der Waals surface area contributed by atoms with Crippen LogP contribution in [0, 0.1) is 41.5 Å². The van der Waals surface area contributed by atoms with Crippen molar-refractivity contribution in [1.29, 1.82) is 0 Å². The van der Waals surface area contributed by atoms with Gasteiger partial charge < -0.3 is 4.74 Å². The van der Waals surface area contributed by atoms with Gasteiger partial charge in [0.1, 0.15) is 5.75 Å². The van der Waals surface area contributed by atoms with Crippen LogP contribution in [0.4, 0.5) is 0 Å². The highest BCUT2D eigenvalue weighted by Crippen LogP contribution is 2.38. The highest BCUT2D eigenvalue weighted by atomic mass is 32.2. The van der Waals surface area contributed by atoms with Gasteiger partial charge in [-0.05, 0) is 99.1 Å². The average Bonchev–Trinajstić information content (AvgIpc) is 2.78. The lowest BCUT2D eigenvalue weighted by Gasteiger charge is -2.21. The third kappa shape index (κ3) is 6.13. The average molecular weight is 542 g/mol. The van der Waals surface area contributed by atoms with Crippen molar-refractivity contribution in [2.24, 2.45) is 3.77 Å². The van der Waals surface area contributed by atoms with Gasteiger partial charge in [-0.3, -0.25) is 0 Å². The number of ether oxygens (including phenoxy) is 1. The van der Waals surface area contributed by atoms with Crippen molar-refractivity contribution in [3.8, 4) is 5.75 Å². The smallest absolute Gasteiger partial charge is 0.292 e. The SMILES string of the molecule is COc1cc(C)c(C(Sc2c(C)cc(C)cc2C)=S=NS(=O)(=O)c2ccc(C)cc2)c(C)c1C(C)C. The molecule has 7 heteroatoms. The maximum absolute atomic E-state index is 13.1. The van der Waals surface area contributed by atoms with Crippen LogP contribution >= 0.6 is 11.8 Å². The van der Waals surface area contributed by atoms with Gasteiger partial charge in [0.05, 0.1) is 16.2 Å². The summed E-state index contributed by atoms with van der Waals surface area (Å²) >= 11 is 2.62. The molecule has 0 aliphatic heterocycles. The number of hydrogen-bond acceptors (Lipinski definition) is 4. The second-order valence-corrected chi connectivity index (χ2v) is 13.4. The molecule has 0 N–H and O–H groups in total. The Hall–Kier alpha value is -2.35. The van der Waals surface area contributed by atoms with Crippen molar-refractivity contribution >= 4 is 37.1 Å². The van der Waals surface area contributed by atoms with E-state index in [1.165, 1.54) is 5.56 Å². The summed E-state index contributed by atoms with van der Waals surface area (Å²) in [7, 11) is -2.14. The van der Waals surface area contributed by atoms with Crippen molar-refractivity contribution in [1.82, 2.24) is 0 Å². The van der Waals surface area contributed by atoms with E-state index >= 15 is 0 Å². The van der Waals surface area contributed by atoms with Gasteiger partial charge in [0.25, 0.3) is 10.0 Å². The third-order valence-electron chi connectivity index (χ3n) is 6.12. The molecule has 0 saturated carbocycles. The second kappa shape index (κ2) is 11.4. The summed E-state index contributed by atoms with van der Waals surface area (Å²) in [6.07, 6.45) is 0. The summed E-state index contributed by atoms with van der Waals surface area (Å²) < 4.78 is 37.0. The highest BCUT2D eigenvalue weighted by molar-refractivity contribution is 8.22. The van der Waals surface area contributed by atoms with Crippen LogP contribution in [0.15, 0.2) is 56.0 Å². The first-order chi connectivity index (χ1) is 16.9. The van der Waals surface area contributed by atoms with Gasteiger partial charge in [-0.1, -0.05) is 64.8 Å². The molecular formula is C29H35NO3S3. The van der Waals surface area contributed by atoms with Gasteiger partial charge >= 0.3 is 0 Å². The van der Waals surface area contributed by atoms with E-state index in [4.69, 9.17) is 4.74 Å². The summed E-state index contributed by atoms with van der Waals surface area (Å²) in [6.45, 7) is 16.6. The number of rotatable bonds is 6. The molecule has 4 nitrogen and oxygen atoms in total. The minimum Gasteiger partial charge on any atom is -0.496 e. The molecule has 0 bridgehead atoms. The molecule has 3 aromatic rings. The fraction of sp³-hybridized carbons (Fsp3) is 0.345. The topological polar surface area (TPSA) is 55.7 Å². The van der Waals surface area contributed by atoms with Gasteiger partial charge in [-0.2, -0.15) is 8.42 Å². The molecule has 36 heavy (non-hydrogen) atoms. The fourth-order valence-electron chi connectivity index (χ4n) is 4.53. The van der Waals surface area contributed by atoms with Crippen LogP contribution in [0.3, 0.4) is 0 Å². The molecule has 0 atom stereocenters. The molecule has 0 radical (unpaired) electrons. The van der Waals surface area contributed by atoms with Crippen LogP contribution in [-0.4, -0.2) is 19.7 Å². The first-order valence-electron chi connectivity index (χ1n) is 11.9. The van der Waals surface area contributed by atoms with E-state index < -0.39 is 10.0 Å². The molecule has 3 aromatic carbocycles. The van der Waals surface area contributed by atoms with Crippen LogP contribution in [0.25, 0.3) is 0 Å². The Balaban J connectivity index is 2.32. The molecular weight excluding hydrogens is 507 g/mol. The Morgan fingerprint density at radius 3 is 1.97 bits per heavy atom.